The Kier molecular flexibility index (Phi) is 11.4. The number of nitrogens with one attached hydrogen (secondary N) is 2. The number of carbonyl (C=O) groups excluding carboxylic acids is 4. The Hall–Kier alpha value is -5.12. The van der Waals surface area contributed by atoms with E-state index in [4.69, 9.17) is 9.47 Å². The average Bonchev–Trinajstić information content (AvgIpc) is 3.72. The first kappa shape index (κ1) is 34.7. The Labute approximate surface area is 284 Å². The van der Waals surface area contributed by atoms with Crippen molar-refractivity contribution >= 4 is 23.4 Å². The molecule has 2 aromatic carbocycles. The van der Waals surface area contributed by atoms with Crippen LogP contribution in [-0.4, -0.2) is 47.6 Å². The second-order valence-electron chi connectivity index (χ2n) is 10.9. The first-order valence-electron chi connectivity index (χ1n) is 14.9. The topological polar surface area (TPSA) is 117 Å². The molecule has 4 aliphatic rings. The van der Waals surface area contributed by atoms with E-state index in [9.17, 15) is 19.2 Å². The maximum Gasteiger partial charge on any atom is 0.238 e. The third kappa shape index (κ3) is 7.82. The van der Waals surface area contributed by atoms with E-state index < -0.39 is 0 Å². The Balaban J connectivity index is 0.000000208. The van der Waals surface area contributed by atoms with Gasteiger partial charge in [-0.25, -0.2) is 10.0 Å². The number of benzene rings is 2. The van der Waals surface area contributed by atoms with Gasteiger partial charge in [0.15, 0.2) is 11.6 Å². The minimum Gasteiger partial charge on any atom is -0.497 e. The van der Waals surface area contributed by atoms with Gasteiger partial charge in [-0.1, -0.05) is 48.6 Å². The number of amides is 2. The van der Waals surface area contributed by atoms with Gasteiger partial charge in [0.25, 0.3) is 0 Å². The summed E-state index contributed by atoms with van der Waals surface area (Å²) < 4.78 is 10.3. The molecule has 11 heteroatoms. The van der Waals surface area contributed by atoms with Crippen molar-refractivity contribution in [2.24, 2.45) is 0 Å². The number of ketones is 2. The SMILES string of the molecule is COc1ccc(C2C/C(=C3\C=CC=CC3=O)NN2C(C)=O)cc1.COc1ccc(C2C/C(=C3\C=CC=CC3=O)NN2C(C)=O)cc1.[Cu]. The van der Waals surface area contributed by atoms with Gasteiger partial charge in [-0.05, 0) is 59.7 Å². The summed E-state index contributed by atoms with van der Waals surface area (Å²) in [5.74, 6) is 1.25. The second kappa shape index (κ2) is 15.4. The summed E-state index contributed by atoms with van der Waals surface area (Å²) in [6.45, 7) is 3.02. The zero-order valence-electron chi connectivity index (χ0n) is 26.5. The van der Waals surface area contributed by atoms with E-state index in [0.29, 0.717) is 24.0 Å². The fourth-order valence-corrected chi connectivity index (χ4v) is 5.66. The smallest absolute Gasteiger partial charge is 0.238 e. The molecule has 2 aliphatic heterocycles. The predicted molar refractivity (Wildman–Crippen MR) is 173 cm³/mol. The molecule has 0 saturated carbocycles. The van der Waals surface area contributed by atoms with Crippen LogP contribution < -0.4 is 20.3 Å². The van der Waals surface area contributed by atoms with Gasteiger partial charge < -0.3 is 9.47 Å². The molecule has 0 aromatic heterocycles. The quantitative estimate of drug-likeness (QED) is 0.346. The second-order valence-corrected chi connectivity index (χ2v) is 10.9. The molecule has 10 nitrogen and oxygen atoms in total. The monoisotopic (exact) mass is 683 g/mol. The van der Waals surface area contributed by atoms with Gasteiger partial charge in [0.2, 0.25) is 11.8 Å². The van der Waals surface area contributed by atoms with Crippen molar-refractivity contribution in [2.75, 3.05) is 14.2 Å². The standard InChI is InChI=1S/2C18H18N2O3.Cu/c2*1-12(21)20-17(13-7-9-14(23-2)10-8-13)11-16(19-20)15-5-3-4-6-18(15)22;/h2*3-10,17,19H,11H2,1-2H3;/b2*16-15-;. The Morgan fingerprint density at radius 2 is 0.957 bits per heavy atom. The van der Waals surface area contributed by atoms with Gasteiger partial charge in [0.05, 0.1) is 26.3 Å². The zero-order valence-corrected chi connectivity index (χ0v) is 27.4. The molecule has 2 aliphatic carbocycles. The molecule has 2 atom stereocenters. The maximum absolute atomic E-state index is 12.0. The van der Waals surface area contributed by atoms with E-state index in [1.807, 2.05) is 60.7 Å². The maximum atomic E-state index is 12.0. The van der Waals surface area contributed by atoms with Gasteiger partial charge in [-0.3, -0.25) is 30.0 Å². The molecule has 2 N–H and O–H groups in total. The largest absolute Gasteiger partial charge is 0.497 e. The van der Waals surface area contributed by atoms with Crippen LogP contribution in [0.2, 0.25) is 0 Å². The van der Waals surface area contributed by atoms with Crippen molar-refractivity contribution in [3.63, 3.8) is 0 Å². The molecule has 2 fully saturated rings. The summed E-state index contributed by atoms with van der Waals surface area (Å²) in [4.78, 5) is 48.0. The van der Waals surface area contributed by atoms with Gasteiger partial charge in [-0.2, -0.15) is 0 Å². The summed E-state index contributed by atoms with van der Waals surface area (Å²) in [6.07, 6.45) is 14.8. The van der Waals surface area contributed by atoms with Crippen LogP contribution in [0.25, 0.3) is 0 Å². The van der Waals surface area contributed by atoms with E-state index in [2.05, 4.69) is 10.9 Å². The summed E-state index contributed by atoms with van der Waals surface area (Å²) in [5.41, 5.74) is 10.9. The van der Waals surface area contributed by atoms with E-state index in [1.165, 1.54) is 26.0 Å². The fourth-order valence-electron chi connectivity index (χ4n) is 5.66. The Bertz CT molecular complexity index is 1590. The molecule has 0 spiro atoms. The van der Waals surface area contributed by atoms with Gasteiger partial charge in [-0.15, -0.1) is 0 Å². The number of hydrogen-bond acceptors (Lipinski definition) is 8. The van der Waals surface area contributed by atoms with E-state index in [1.54, 1.807) is 48.5 Å². The first-order valence-corrected chi connectivity index (χ1v) is 14.9. The summed E-state index contributed by atoms with van der Waals surface area (Å²) in [6, 6.07) is 14.9. The molecule has 1 radical (unpaired) electrons. The molecule has 2 saturated heterocycles. The number of hydrogen-bond donors (Lipinski definition) is 2. The normalized spacial score (nSPS) is 22.6. The van der Waals surface area contributed by atoms with E-state index >= 15 is 0 Å². The summed E-state index contributed by atoms with van der Waals surface area (Å²) in [5, 5.41) is 3.15. The minimum absolute atomic E-state index is 0. The van der Waals surface area contributed by atoms with Crippen LogP contribution in [-0.2, 0) is 36.2 Å². The van der Waals surface area contributed by atoms with Gasteiger partial charge in [0, 0.05) is 66.3 Å². The van der Waals surface area contributed by atoms with Gasteiger partial charge >= 0.3 is 0 Å². The fraction of sp³-hybridized carbons (Fsp3) is 0.222. The van der Waals surface area contributed by atoms with Crippen molar-refractivity contribution in [1.82, 2.24) is 20.9 Å². The van der Waals surface area contributed by atoms with Crippen molar-refractivity contribution < 1.29 is 45.7 Å². The van der Waals surface area contributed by atoms with E-state index in [0.717, 1.165) is 34.0 Å². The van der Waals surface area contributed by atoms with Crippen molar-refractivity contribution in [3.05, 3.63) is 131 Å². The third-order valence-corrected chi connectivity index (χ3v) is 8.03. The zero-order chi connectivity index (χ0) is 32.8. The third-order valence-electron chi connectivity index (χ3n) is 8.03. The summed E-state index contributed by atoms with van der Waals surface area (Å²) >= 11 is 0. The number of rotatable bonds is 4. The number of allylic oxidation sites excluding steroid dienone is 10. The molecule has 47 heavy (non-hydrogen) atoms. The minimum atomic E-state index is -0.145. The van der Waals surface area contributed by atoms with Crippen LogP contribution >= 0.6 is 0 Å². The predicted octanol–water partition coefficient (Wildman–Crippen LogP) is 4.88. The number of ether oxygens (including phenoxy) is 2. The van der Waals surface area contributed by atoms with Crippen LogP contribution in [0.15, 0.2) is 120 Å². The number of carbonyl (C=O) groups is 4. The molecule has 247 valence electrons. The van der Waals surface area contributed by atoms with E-state index in [-0.39, 0.29) is 52.5 Å². The van der Waals surface area contributed by atoms with Crippen molar-refractivity contribution in [2.45, 2.75) is 38.8 Å². The Morgan fingerprint density at radius 1 is 0.617 bits per heavy atom. The molecule has 2 heterocycles. The van der Waals surface area contributed by atoms with Crippen molar-refractivity contribution in [3.8, 4) is 11.5 Å². The molecule has 2 amide bonds. The number of nitrogens with zero attached hydrogens (tertiary/aromatic N) is 2. The van der Waals surface area contributed by atoms with Gasteiger partial charge in [0.1, 0.15) is 11.5 Å². The number of hydrazine groups is 2. The molecule has 0 bridgehead atoms. The van der Waals surface area contributed by atoms with Crippen LogP contribution in [0.5, 0.6) is 11.5 Å². The molecule has 2 unspecified atom stereocenters. The average molecular weight is 684 g/mol. The van der Waals surface area contributed by atoms with Crippen LogP contribution in [0.4, 0.5) is 0 Å². The van der Waals surface area contributed by atoms with Crippen LogP contribution in [0.3, 0.4) is 0 Å². The first-order chi connectivity index (χ1) is 22.2. The van der Waals surface area contributed by atoms with Crippen LogP contribution in [0.1, 0.15) is 49.9 Å². The molecule has 6 rings (SSSR count). The molecular weight excluding hydrogens is 648 g/mol. The Morgan fingerprint density at radius 3 is 1.26 bits per heavy atom. The molecule has 2 aromatic rings. The van der Waals surface area contributed by atoms with Crippen LogP contribution in [0, 0.1) is 0 Å². The summed E-state index contributed by atoms with van der Waals surface area (Å²) in [7, 11) is 3.23. The van der Waals surface area contributed by atoms with Crippen molar-refractivity contribution in [1.29, 1.82) is 0 Å². The molecular formula is C36H36CuN4O6. The number of methoxy groups -OCH3 is 2.